The Balaban J connectivity index is 2.56. The van der Waals surface area contributed by atoms with Gasteiger partial charge in [-0.05, 0) is 26.6 Å². The molecule has 0 saturated carbocycles. The maximum atomic E-state index is 13.4. The van der Waals surface area contributed by atoms with Crippen LogP contribution in [-0.4, -0.2) is 31.1 Å². The molecule has 0 bridgehead atoms. The Morgan fingerprint density at radius 1 is 1.22 bits per heavy atom. The third-order valence-corrected chi connectivity index (χ3v) is 2.88. The quantitative estimate of drug-likeness (QED) is 0.791. The van der Waals surface area contributed by atoms with E-state index in [2.05, 4.69) is 10.2 Å². The molecule has 0 aliphatic rings. The van der Waals surface area contributed by atoms with E-state index < -0.39 is 17.5 Å². The first kappa shape index (κ1) is 15.0. The first-order valence-electron chi connectivity index (χ1n) is 6.00. The Bertz CT molecular complexity index is 396. The number of nitrogens with zero attached hydrogens (tertiary/aromatic N) is 1. The summed E-state index contributed by atoms with van der Waals surface area (Å²) in [5, 5.41) is 3.08. The highest BCUT2D eigenvalue weighted by Crippen LogP contribution is 2.15. The average Bonchev–Trinajstić information content (AvgIpc) is 2.35. The van der Waals surface area contributed by atoms with Crippen LogP contribution < -0.4 is 5.32 Å². The molecule has 1 aromatic carbocycles. The predicted molar refractivity (Wildman–Crippen MR) is 65.8 cm³/mol. The van der Waals surface area contributed by atoms with Crippen LogP contribution in [0, 0.1) is 17.5 Å². The Morgan fingerprint density at radius 2 is 1.89 bits per heavy atom. The van der Waals surface area contributed by atoms with Gasteiger partial charge in [0.05, 0.1) is 0 Å². The van der Waals surface area contributed by atoms with Gasteiger partial charge in [0.2, 0.25) is 0 Å². The van der Waals surface area contributed by atoms with E-state index in [0.717, 1.165) is 19.2 Å². The van der Waals surface area contributed by atoms with Gasteiger partial charge in [-0.15, -0.1) is 0 Å². The molecule has 0 amide bonds. The molecule has 1 N–H and O–H groups in total. The van der Waals surface area contributed by atoms with Gasteiger partial charge in [-0.2, -0.15) is 0 Å². The minimum absolute atomic E-state index is 0.139. The van der Waals surface area contributed by atoms with E-state index in [9.17, 15) is 13.2 Å². The molecule has 1 atom stereocenters. The predicted octanol–water partition coefficient (Wildman–Crippen LogP) is 2.53. The normalized spacial score (nSPS) is 13.1. The fourth-order valence-corrected chi connectivity index (χ4v) is 1.65. The number of benzene rings is 1. The minimum atomic E-state index is -1.41. The number of hydrogen-bond acceptors (Lipinski definition) is 2. The lowest BCUT2D eigenvalue weighted by atomic mass is 10.2. The Hall–Kier alpha value is -1.07. The summed E-state index contributed by atoms with van der Waals surface area (Å²) in [4.78, 5) is 2.11. The molecule has 0 spiro atoms. The van der Waals surface area contributed by atoms with Gasteiger partial charge in [0.25, 0.3) is 0 Å². The van der Waals surface area contributed by atoms with Crippen molar-refractivity contribution in [3.8, 4) is 0 Å². The minimum Gasteiger partial charge on any atom is -0.309 e. The van der Waals surface area contributed by atoms with Crippen LogP contribution in [0.2, 0.25) is 0 Å². The van der Waals surface area contributed by atoms with E-state index in [1.807, 2.05) is 20.9 Å². The molecule has 1 rings (SSSR count). The van der Waals surface area contributed by atoms with Gasteiger partial charge in [0.1, 0.15) is 0 Å². The summed E-state index contributed by atoms with van der Waals surface area (Å²) in [6.45, 7) is 5.92. The molecule has 5 heteroatoms. The molecule has 0 heterocycles. The third-order valence-electron chi connectivity index (χ3n) is 2.88. The van der Waals surface area contributed by atoms with Crippen LogP contribution in [0.4, 0.5) is 13.2 Å². The zero-order valence-electron chi connectivity index (χ0n) is 10.9. The molecule has 2 nitrogen and oxygen atoms in total. The van der Waals surface area contributed by atoms with Gasteiger partial charge < -0.3 is 10.2 Å². The summed E-state index contributed by atoms with van der Waals surface area (Å²) in [6, 6.07) is 2.34. The summed E-state index contributed by atoms with van der Waals surface area (Å²) < 4.78 is 39.1. The Labute approximate surface area is 106 Å². The van der Waals surface area contributed by atoms with E-state index in [1.165, 1.54) is 6.07 Å². The second-order valence-corrected chi connectivity index (χ2v) is 4.47. The summed E-state index contributed by atoms with van der Waals surface area (Å²) in [6.07, 6.45) is 0. The Morgan fingerprint density at radius 3 is 2.50 bits per heavy atom. The maximum Gasteiger partial charge on any atom is 0.194 e. The molecular formula is C13H19F3N2. The van der Waals surface area contributed by atoms with Gasteiger partial charge in [0, 0.05) is 24.7 Å². The fraction of sp³-hybridized carbons (Fsp3) is 0.538. The summed E-state index contributed by atoms with van der Waals surface area (Å²) in [5.41, 5.74) is 0.139. The van der Waals surface area contributed by atoms with Gasteiger partial charge in [0.15, 0.2) is 17.5 Å². The maximum absolute atomic E-state index is 13.4. The SMILES string of the molecule is CCN(C)CC(C)NCc1ccc(F)c(F)c1F. The van der Waals surface area contributed by atoms with Crippen LogP contribution in [0.3, 0.4) is 0 Å². The molecule has 18 heavy (non-hydrogen) atoms. The van der Waals surface area contributed by atoms with Crippen molar-refractivity contribution in [2.24, 2.45) is 0 Å². The topological polar surface area (TPSA) is 15.3 Å². The molecule has 0 aliphatic carbocycles. The highest BCUT2D eigenvalue weighted by molar-refractivity contribution is 5.20. The van der Waals surface area contributed by atoms with Crippen molar-refractivity contribution in [1.82, 2.24) is 10.2 Å². The van der Waals surface area contributed by atoms with Gasteiger partial charge in [-0.3, -0.25) is 0 Å². The summed E-state index contributed by atoms with van der Waals surface area (Å²) >= 11 is 0. The zero-order chi connectivity index (χ0) is 13.7. The summed E-state index contributed by atoms with van der Waals surface area (Å²) in [7, 11) is 1.98. The second kappa shape index (κ2) is 6.75. The molecular weight excluding hydrogens is 241 g/mol. The smallest absolute Gasteiger partial charge is 0.194 e. The average molecular weight is 260 g/mol. The van der Waals surface area contributed by atoms with Gasteiger partial charge in [-0.1, -0.05) is 13.0 Å². The van der Waals surface area contributed by atoms with E-state index in [-0.39, 0.29) is 18.2 Å². The van der Waals surface area contributed by atoms with Crippen LogP contribution >= 0.6 is 0 Å². The lowest BCUT2D eigenvalue weighted by Gasteiger charge is -2.20. The third kappa shape index (κ3) is 3.99. The number of rotatable bonds is 6. The summed E-state index contributed by atoms with van der Waals surface area (Å²) in [5.74, 6) is -3.68. The van der Waals surface area contributed by atoms with Crippen molar-refractivity contribution in [1.29, 1.82) is 0 Å². The fourth-order valence-electron chi connectivity index (χ4n) is 1.65. The second-order valence-electron chi connectivity index (χ2n) is 4.47. The monoisotopic (exact) mass is 260 g/mol. The number of nitrogens with one attached hydrogen (secondary N) is 1. The van der Waals surface area contributed by atoms with Crippen LogP contribution in [0.25, 0.3) is 0 Å². The van der Waals surface area contributed by atoms with Crippen molar-refractivity contribution in [3.63, 3.8) is 0 Å². The number of halogens is 3. The highest BCUT2D eigenvalue weighted by Gasteiger charge is 2.13. The highest BCUT2D eigenvalue weighted by atomic mass is 19.2. The van der Waals surface area contributed by atoms with E-state index >= 15 is 0 Å². The van der Waals surface area contributed by atoms with E-state index in [4.69, 9.17) is 0 Å². The molecule has 1 aromatic rings. The van der Waals surface area contributed by atoms with Gasteiger partial charge >= 0.3 is 0 Å². The molecule has 0 saturated heterocycles. The first-order valence-corrected chi connectivity index (χ1v) is 6.00. The molecule has 0 aliphatic heterocycles. The largest absolute Gasteiger partial charge is 0.309 e. The first-order chi connectivity index (χ1) is 8.45. The van der Waals surface area contributed by atoms with Crippen molar-refractivity contribution < 1.29 is 13.2 Å². The molecule has 0 radical (unpaired) electrons. The molecule has 0 aromatic heterocycles. The van der Waals surface area contributed by atoms with Crippen LogP contribution in [0.5, 0.6) is 0 Å². The van der Waals surface area contributed by atoms with Crippen molar-refractivity contribution in [3.05, 3.63) is 35.1 Å². The lowest BCUT2D eigenvalue weighted by molar-refractivity contribution is 0.308. The number of hydrogen-bond donors (Lipinski definition) is 1. The van der Waals surface area contributed by atoms with Crippen molar-refractivity contribution in [2.75, 3.05) is 20.1 Å². The van der Waals surface area contributed by atoms with Gasteiger partial charge in [-0.25, -0.2) is 13.2 Å². The Kier molecular flexibility index (Phi) is 5.62. The van der Waals surface area contributed by atoms with E-state index in [0.29, 0.717) is 0 Å². The molecule has 102 valence electrons. The molecule has 0 fully saturated rings. The standard InChI is InChI=1S/C13H19F3N2/c1-4-18(3)8-9(2)17-7-10-5-6-11(14)13(16)12(10)15/h5-6,9,17H,4,7-8H2,1-3H3. The number of likely N-dealkylation sites (N-methyl/N-ethyl adjacent to an activating group) is 1. The zero-order valence-corrected chi connectivity index (χ0v) is 10.9. The lowest BCUT2D eigenvalue weighted by Crippen LogP contribution is -2.37. The van der Waals surface area contributed by atoms with Crippen LogP contribution in [-0.2, 0) is 6.54 Å². The van der Waals surface area contributed by atoms with Crippen LogP contribution in [0.1, 0.15) is 19.4 Å². The van der Waals surface area contributed by atoms with E-state index in [1.54, 1.807) is 0 Å². The van der Waals surface area contributed by atoms with Crippen LogP contribution in [0.15, 0.2) is 12.1 Å². The van der Waals surface area contributed by atoms with Crippen molar-refractivity contribution in [2.45, 2.75) is 26.4 Å². The van der Waals surface area contributed by atoms with Crippen molar-refractivity contribution >= 4 is 0 Å². The molecule has 1 unspecified atom stereocenters.